The van der Waals surface area contributed by atoms with Gasteiger partial charge in [0, 0.05) is 28.4 Å². The minimum Gasteiger partial charge on any atom is -0.504 e. The topological polar surface area (TPSA) is 88.6 Å². The lowest BCUT2D eigenvalue weighted by molar-refractivity contribution is 0.0553. The molecule has 0 aliphatic rings. The first-order chi connectivity index (χ1) is 15.2. The van der Waals surface area contributed by atoms with Gasteiger partial charge in [0.25, 0.3) is 0 Å². The number of phenols is 2. The van der Waals surface area contributed by atoms with Gasteiger partial charge < -0.3 is 24.5 Å². The molecule has 31 heavy (non-hydrogen) atoms. The Morgan fingerprint density at radius 3 is 2.13 bits per heavy atom. The number of fused-ring (bicyclic) bond motifs is 3. The summed E-state index contributed by atoms with van der Waals surface area (Å²) in [6.45, 7) is 3.53. The fourth-order valence-electron chi connectivity index (χ4n) is 3.49. The molecule has 0 aliphatic heterocycles. The summed E-state index contributed by atoms with van der Waals surface area (Å²) in [6.07, 6.45) is 3.12. The molecule has 4 rings (SSSR count). The first-order valence-corrected chi connectivity index (χ1v) is 10.0. The van der Waals surface area contributed by atoms with Gasteiger partial charge in [0.1, 0.15) is 0 Å². The third-order valence-corrected chi connectivity index (χ3v) is 4.93. The summed E-state index contributed by atoms with van der Waals surface area (Å²) in [4.78, 5) is 10.3. The Morgan fingerprint density at radius 2 is 1.42 bits per heavy atom. The summed E-state index contributed by atoms with van der Waals surface area (Å²) >= 11 is 0. The third-order valence-electron chi connectivity index (χ3n) is 4.93. The van der Waals surface area contributed by atoms with Gasteiger partial charge in [-0.15, -0.1) is 0 Å². The van der Waals surface area contributed by atoms with Crippen molar-refractivity contribution in [2.24, 2.45) is 10.3 Å². The SMILES string of the molecule is CCn1c2ccccc2c2cc(/C=N\OCCO/N=C/c3ccc(O)c(O)c3)ccc21. The number of rotatable bonds is 8. The van der Waals surface area contributed by atoms with Crippen molar-refractivity contribution in [3.63, 3.8) is 0 Å². The summed E-state index contributed by atoms with van der Waals surface area (Å²) in [5.41, 5.74) is 3.99. The Hall–Kier alpha value is -4.00. The molecule has 0 radical (unpaired) electrons. The number of oxime groups is 2. The van der Waals surface area contributed by atoms with Crippen LogP contribution >= 0.6 is 0 Å². The van der Waals surface area contributed by atoms with E-state index in [0.717, 1.165) is 12.1 Å². The van der Waals surface area contributed by atoms with Crippen molar-refractivity contribution in [3.05, 3.63) is 71.8 Å². The molecule has 0 unspecified atom stereocenters. The number of phenolic OH excluding ortho intramolecular Hbond substituents is 2. The van der Waals surface area contributed by atoms with Crippen LogP contribution in [0.5, 0.6) is 11.5 Å². The standard InChI is InChI=1S/C24H23N3O4/c1-2-27-21-6-4-3-5-19(21)20-13-17(7-9-22(20)27)15-25-30-11-12-31-26-16-18-8-10-23(28)24(29)14-18/h3-10,13-16,28-29H,2,11-12H2,1H3/b25-15-,26-16+. The Labute approximate surface area is 179 Å². The van der Waals surface area contributed by atoms with Crippen LogP contribution in [0.25, 0.3) is 21.8 Å². The van der Waals surface area contributed by atoms with E-state index in [9.17, 15) is 10.2 Å². The molecule has 0 amide bonds. The maximum absolute atomic E-state index is 9.43. The van der Waals surface area contributed by atoms with E-state index < -0.39 is 0 Å². The highest BCUT2D eigenvalue weighted by molar-refractivity contribution is 6.09. The van der Waals surface area contributed by atoms with Gasteiger partial charge >= 0.3 is 0 Å². The van der Waals surface area contributed by atoms with E-state index >= 15 is 0 Å². The van der Waals surface area contributed by atoms with Crippen molar-refractivity contribution in [2.75, 3.05) is 13.2 Å². The Balaban J connectivity index is 1.31. The van der Waals surface area contributed by atoms with Crippen LogP contribution in [0.1, 0.15) is 18.1 Å². The fourth-order valence-corrected chi connectivity index (χ4v) is 3.49. The number of hydrogen-bond acceptors (Lipinski definition) is 6. The molecule has 0 aliphatic carbocycles. The number of aryl methyl sites for hydroxylation is 1. The number of para-hydroxylation sites is 1. The highest BCUT2D eigenvalue weighted by atomic mass is 16.7. The highest BCUT2D eigenvalue weighted by Gasteiger charge is 2.09. The van der Waals surface area contributed by atoms with Crippen molar-refractivity contribution in [1.82, 2.24) is 4.57 Å². The maximum Gasteiger partial charge on any atom is 0.158 e. The summed E-state index contributed by atoms with van der Waals surface area (Å²) in [7, 11) is 0. The van der Waals surface area contributed by atoms with Crippen LogP contribution in [0, 0.1) is 0 Å². The van der Waals surface area contributed by atoms with Crippen LogP contribution in [0.4, 0.5) is 0 Å². The van der Waals surface area contributed by atoms with Crippen LogP contribution in [0.2, 0.25) is 0 Å². The van der Waals surface area contributed by atoms with E-state index in [1.54, 1.807) is 12.3 Å². The molecule has 158 valence electrons. The molecule has 3 aromatic carbocycles. The van der Waals surface area contributed by atoms with Gasteiger partial charge in [-0.2, -0.15) is 0 Å². The summed E-state index contributed by atoms with van der Waals surface area (Å²) in [5, 5.41) is 28.9. The molecule has 0 saturated carbocycles. The fraction of sp³-hybridized carbons (Fsp3) is 0.167. The average Bonchev–Trinajstić information content (AvgIpc) is 3.11. The minimum absolute atomic E-state index is 0.181. The first-order valence-electron chi connectivity index (χ1n) is 10.0. The van der Waals surface area contributed by atoms with Crippen LogP contribution in [-0.2, 0) is 16.2 Å². The minimum atomic E-state index is -0.209. The van der Waals surface area contributed by atoms with Crippen molar-refractivity contribution >= 4 is 34.2 Å². The normalized spacial score (nSPS) is 11.8. The summed E-state index contributed by atoms with van der Waals surface area (Å²) in [6, 6.07) is 19.0. The monoisotopic (exact) mass is 417 g/mol. The molecule has 1 heterocycles. The molecular formula is C24H23N3O4. The zero-order valence-electron chi connectivity index (χ0n) is 17.1. The second kappa shape index (κ2) is 9.21. The molecule has 1 aromatic heterocycles. The zero-order valence-corrected chi connectivity index (χ0v) is 17.1. The third kappa shape index (κ3) is 4.45. The molecule has 7 nitrogen and oxygen atoms in total. The number of aromatic nitrogens is 1. The van der Waals surface area contributed by atoms with Gasteiger partial charge in [0.2, 0.25) is 0 Å². The van der Waals surface area contributed by atoms with E-state index in [1.165, 1.54) is 40.2 Å². The van der Waals surface area contributed by atoms with Crippen LogP contribution in [0.15, 0.2) is 71.0 Å². The number of hydrogen-bond donors (Lipinski definition) is 2. The molecule has 0 saturated heterocycles. The molecule has 0 fully saturated rings. The predicted molar refractivity (Wildman–Crippen MR) is 122 cm³/mol. The van der Waals surface area contributed by atoms with E-state index in [2.05, 4.69) is 58.2 Å². The Bertz CT molecular complexity index is 1260. The average molecular weight is 417 g/mol. The Morgan fingerprint density at radius 1 is 0.774 bits per heavy atom. The molecule has 2 N–H and O–H groups in total. The quantitative estimate of drug-likeness (QED) is 0.189. The molecular weight excluding hydrogens is 394 g/mol. The van der Waals surface area contributed by atoms with Gasteiger partial charge in [-0.3, -0.25) is 0 Å². The van der Waals surface area contributed by atoms with Crippen molar-refractivity contribution < 1.29 is 19.9 Å². The molecule has 7 heteroatoms. The van der Waals surface area contributed by atoms with E-state index in [4.69, 9.17) is 9.68 Å². The van der Waals surface area contributed by atoms with Crippen LogP contribution in [-0.4, -0.2) is 40.4 Å². The lowest BCUT2D eigenvalue weighted by atomic mass is 10.1. The second-order valence-electron chi connectivity index (χ2n) is 6.92. The lowest BCUT2D eigenvalue weighted by Crippen LogP contribution is -1.98. The molecule has 4 aromatic rings. The van der Waals surface area contributed by atoms with E-state index in [1.807, 2.05) is 6.07 Å². The maximum atomic E-state index is 9.43. The molecule has 0 spiro atoms. The molecule has 0 atom stereocenters. The second-order valence-corrected chi connectivity index (χ2v) is 6.92. The summed E-state index contributed by atoms with van der Waals surface area (Å²) in [5.74, 6) is -0.390. The van der Waals surface area contributed by atoms with Crippen molar-refractivity contribution in [1.29, 1.82) is 0 Å². The smallest absolute Gasteiger partial charge is 0.158 e. The largest absolute Gasteiger partial charge is 0.504 e. The predicted octanol–water partition coefficient (Wildman–Crippen LogP) is 4.63. The summed E-state index contributed by atoms with van der Waals surface area (Å²) < 4.78 is 2.31. The van der Waals surface area contributed by atoms with Gasteiger partial charge in [0.05, 0.1) is 12.4 Å². The molecule has 0 bridgehead atoms. The van der Waals surface area contributed by atoms with Gasteiger partial charge in [0.15, 0.2) is 24.7 Å². The Kier molecular flexibility index (Phi) is 6.03. The van der Waals surface area contributed by atoms with Crippen molar-refractivity contribution in [3.8, 4) is 11.5 Å². The van der Waals surface area contributed by atoms with Crippen molar-refractivity contribution in [2.45, 2.75) is 13.5 Å². The van der Waals surface area contributed by atoms with Gasteiger partial charge in [-0.1, -0.05) is 34.6 Å². The van der Waals surface area contributed by atoms with Gasteiger partial charge in [-0.05, 0) is 54.4 Å². The van der Waals surface area contributed by atoms with Gasteiger partial charge in [-0.25, -0.2) is 0 Å². The number of benzene rings is 3. The van der Waals surface area contributed by atoms with E-state index in [0.29, 0.717) is 5.56 Å². The van der Waals surface area contributed by atoms with Crippen LogP contribution < -0.4 is 0 Å². The number of aromatic hydroxyl groups is 2. The van der Waals surface area contributed by atoms with E-state index in [-0.39, 0.29) is 24.7 Å². The van der Waals surface area contributed by atoms with Crippen LogP contribution in [0.3, 0.4) is 0 Å². The number of nitrogens with zero attached hydrogens (tertiary/aromatic N) is 3. The first kappa shape index (κ1) is 20.3. The highest BCUT2D eigenvalue weighted by Crippen LogP contribution is 2.29. The zero-order chi connectivity index (χ0) is 21.6. The lowest BCUT2D eigenvalue weighted by Gasteiger charge is -2.02.